The number of aryl methyl sites for hydroxylation is 1. The van der Waals surface area contributed by atoms with Crippen LogP contribution in [0.15, 0.2) is 18.2 Å². The minimum Gasteiger partial charge on any atom is -0.477 e. The number of carboxylic acids is 1. The molecule has 1 heterocycles. The molecular formula is C12H17NO2. The van der Waals surface area contributed by atoms with Crippen LogP contribution in [0.2, 0.25) is 0 Å². The van der Waals surface area contributed by atoms with Crippen molar-refractivity contribution in [2.45, 2.75) is 33.7 Å². The van der Waals surface area contributed by atoms with Crippen molar-refractivity contribution in [1.29, 1.82) is 0 Å². The zero-order valence-electron chi connectivity index (χ0n) is 9.45. The van der Waals surface area contributed by atoms with Gasteiger partial charge in [0.15, 0.2) is 0 Å². The standard InChI is InChI=1S/C12H17NO2/c1-4-6-7-13-10(5-2)9(3)8-11(13)12(14)15/h4,6,8H,5,7H2,1-3H3,(H,14,15)/b6-4+. The topological polar surface area (TPSA) is 42.2 Å². The van der Waals surface area contributed by atoms with Gasteiger partial charge in [0.05, 0.1) is 0 Å². The van der Waals surface area contributed by atoms with Crippen molar-refractivity contribution in [2.75, 3.05) is 0 Å². The van der Waals surface area contributed by atoms with Crippen LogP contribution in [0.3, 0.4) is 0 Å². The first kappa shape index (κ1) is 11.6. The Labute approximate surface area is 90.0 Å². The van der Waals surface area contributed by atoms with Crippen molar-refractivity contribution < 1.29 is 9.90 Å². The number of carbonyl (C=O) groups is 1. The van der Waals surface area contributed by atoms with Gasteiger partial charge in [-0.05, 0) is 31.9 Å². The lowest BCUT2D eigenvalue weighted by Crippen LogP contribution is -2.10. The van der Waals surface area contributed by atoms with Gasteiger partial charge in [-0.1, -0.05) is 19.1 Å². The van der Waals surface area contributed by atoms with Gasteiger partial charge in [0.25, 0.3) is 0 Å². The molecule has 0 aliphatic rings. The summed E-state index contributed by atoms with van der Waals surface area (Å²) in [6, 6.07) is 1.74. The van der Waals surface area contributed by atoms with Crippen LogP contribution in [0, 0.1) is 6.92 Å². The lowest BCUT2D eigenvalue weighted by Gasteiger charge is -2.08. The summed E-state index contributed by atoms with van der Waals surface area (Å²) in [5.74, 6) is -0.859. The van der Waals surface area contributed by atoms with E-state index in [0.717, 1.165) is 17.7 Å². The maximum Gasteiger partial charge on any atom is 0.352 e. The van der Waals surface area contributed by atoms with Crippen LogP contribution in [0.25, 0.3) is 0 Å². The highest BCUT2D eigenvalue weighted by molar-refractivity contribution is 5.86. The van der Waals surface area contributed by atoms with Gasteiger partial charge in [0.1, 0.15) is 5.69 Å². The van der Waals surface area contributed by atoms with Crippen LogP contribution < -0.4 is 0 Å². The summed E-state index contributed by atoms with van der Waals surface area (Å²) >= 11 is 0. The third kappa shape index (κ3) is 2.29. The maximum atomic E-state index is 11.0. The van der Waals surface area contributed by atoms with Gasteiger partial charge in [-0.2, -0.15) is 0 Å². The highest BCUT2D eigenvalue weighted by Crippen LogP contribution is 2.16. The smallest absolute Gasteiger partial charge is 0.352 e. The van der Waals surface area contributed by atoms with Crippen molar-refractivity contribution in [3.05, 3.63) is 35.2 Å². The molecule has 0 atom stereocenters. The fourth-order valence-corrected chi connectivity index (χ4v) is 1.79. The molecule has 1 N–H and O–H groups in total. The minimum atomic E-state index is -0.859. The molecule has 0 spiro atoms. The number of aromatic nitrogens is 1. The van der Waals surface area contributed by atoms with E-state index in [1.165, 1.54) is 0 Å². The number of allylic oxidation sites excluding steroid dienone is 2. The van der Waals surface area contributed by atoms with E-state index >= 15 is 0 Å². The van der Waals surface area contributed by atoms with E-state index in [4.69, 9.17) is 5.11 Å². The molecule has 0 saturated heterocycles. The van der Waals surface area contributed by atoms with E-state index in [1.807, 2.05) is 37.5 Å². The van der Waals surface area contributed by atoms with Crippen LogP contribution in [-0.4, -0.2) is 15.6 Å². The molecule has 0 aliphatic carbocycles. The predicted octanol–water partition coefficient (Wildman–Crippen LogP) is 2.63. The van der Waals surface area contributed by atoms with E-state index in [0.29, 0.717) is 12.2 Å². The van der Waals surface area contributed by atoms with Crippen LogP contribution in [0.5, 0.6) is 0 Å². The molecule has 82 valence electrons. The molecular weight excluding hydrogens is 190 g/mol. The Kier molecular flexibility index (Phi) is 3.72. The summed E-state index contributed by atoms with van der Waals surface area (Å²) in [4.78, 5) is 11.0. The van der Waals surface area contributed by atoms with Gasteiger partial charge in [0, 0.05) is 12.2 Å². The SMILES string of the molecule is C/C=C/Cn1c(C(=O)O)cc(C)c1CC. The summed E-state index contributed by atoms with van der Waals surface area (Å²) in [5.41, 5.74) is 2.53. The Morgan fingerprint density at radius 3 is 2.73 bits per heavy atom. The third-order valence-corrected chi connectivity index (χ3v) is 2.50. The quantitative estimate of drug-likeness (QED) is 0.771. The molecule has 1 rings (SSSR count). The molecule has 0 aromatic carbocycles. The van der Waals surface area contributed by atoms with Gasteiger partial charge >= 0.3 is 5.97 Å². The largest absolute Gasteiger partial charge is 0.477 e. The molecule has 1 aromatic rings. The monoisotopic (exact) mass is 207 g/mol. The van der Waals surface area contributed by atoms with Crippen molar-refractivity contribution in [2.24, 2.45) is 0 Å². The zero-order chi connectivity index (χ0) is 11.4. The van der Waals surface area contributed by atoms with E-state index < -0.39 is 5.97 Å². The molecule has 0 unspecified atom stereocenters. The average Bonchev–Trinajstić information content (AvgIpc) is 2.51. The Bertz CT molecular complexity index is 389. The molecule has 0 aliphatic heterocycles. The second kappa shape index (κ2) is 4.82. The second-order valence-electron chi connectivity index (χ2n) is 3.50. The normalized spacial score (nSPS) is 11.1. The molecule has 3 heteroatoms. The van der Waals surface area contributed by atoms with E-state index in [2.05, 4.69) is 0 Å². The van der Waals surface area contributed by atoms with E-state index in [9.17, 15) is 4.79 Å². The summed E-state index contributed by atoms with van der Waals surface area (Å²) in [7, 11) is 0. The lowest BCUT2D eigenvalue weighted by molar-refractivity contribution is 0.0685. The fraction of sp³-hybridized carbons (Fsp3) is 0.417. The first-order valence-electron chi connectivity index (χ1n) is 5.15. The highest BCUT2D eigenvalue weighted by Gasteiger charge is 2.14. The summed E-state index contributed by atoms with van der Waals surface area (Å²) in [6.07, 6.45) is 4.75. The number of hydrogen-bond acceptors (Lipinski definition) is 1. The molecule has 3 nitrogen and oxygen atoms in total. The van der Waals surface area contributed by atoms with Crippen LogP contribution in [-0.2, 0) is 13.0 Å². The Morgan fingerprint density at radius 2 is 2.27 bits per heavy atom. The predicted molar refractivity (Wildman–Crippen MR) is 60.3 cm³/mol. The van der Waals surface area contributed by atoms with E-state index in [-0.39, 0.29) is 0 Å². The molecule has 15 heavy (non-hydrogen) atoms. The highest BCUT2D eigenvalue weighted by atomic mass is 16.4. The molecule has 0 amide bonds. The Balaban J connectivity index is 3.21. The molecule has 0 bridgehead atoms. The maximum absolute atomic E-state index is 11.0. The van der Waals surface area contributed by atoms with Crippen molar-refractivity contribution in [1.82, 2.24) is 4.57 Å². The summed E-state index contributed by atoms with van der Waals surface area (Å²) in [5, 5.41) is 9.05. The first-order chi connectivity index (χ1) is 7.11. The molecule has 0 radical (unpaired) electrons. The Morgan fingerprint density at radius 1 is 1.60 bits per heavy atom. The van der Waals surface area contributed by atoms with Gasteiger partial charge in [0.2, 0.25) is 0 Å². The minimum absolute atomic E-state index is 0.377. The van der Waals surface area contributed by atoms with Crippen molar-refractivity contribution in [3.63, 3.8) is 0 Å². The van der Waals surface area contributed by atoms with Crippen LogP contribution >= 0.6 is 0 Å². The number of aromatic carboxylic acids is 1. The van der Waals surface area contributed by atoms with Crippen LogP contribution in [0.1, 0.15) is 35.6 Å². The van der Waals surface area contributed by atoms with Gasteiger partial charge < -0.3 is 9.67 Å². The molecule has 0 saturated carbocycles. The summed E-state index contributed by atoms with van der Waals surface area (Å²) in [6.45, 7) is 6.56. The number of hydrogen-bond donors (Lipinski definition) is 1. The molecule has 0 fully saturated rings. The Hall–Kier alpha value is -1.51. The van der Waals surface area contributed by atoms with Crippen LogP contribution in [0.4, 0.5) is 0 Å². The lowest BCUT2D eigenvalue weighted by atomic mass is 10.2. The van der Waals surface area contributed by atoms with Gasteiger partial charge in [-0.3, -0.25) is 0 Å². The van der Waals surface area contributed by atoms with Crippen molar-refractivity contribution in [3.8, 4) is 0 Å². The number of carboxylic acid groups (broad SMARTS) is 1. The van der Waals surface area contributed by atoms with Gasteiger partial charge in [-0.15, -0.1) is 0 Å². The van der Waals surface area contributed by atoms with Crippen molar-refractivity contribution >= 4 is 5.97 Å². The third-order valence-electron chi connectivity index (χ3n) is 2.50. The second-order valence-corrected chi connectivity index (χ2v) is 3.50. The van der Waals surface area contributed by atoms with Gasteiger partial charge in [-0.25, -0.2) is 4.79 Å². The molecule has 1 aromatic heterocycles. The fourth-order valence-electron chi connectivity index (χ4n) is 1.79. The average molecular weight is 207 g/mol. The zero-order valence-corrected chi connectivity index (χ0v) is 9.45. The van der Waals surface area contributed by atoms with E-state index in [1.54, 1.807) is 6.07 Å². The number of nitrogens with zero attached hydrogens (tertiary/aromatic N) is 1. The number of rotatable bonds is 4. The first-order valence-corrected chi connectivity index (χ1v) is 5.15. The summed E-state index contributed by atoms with van der Waals surface area (Å²) < 4.78 is 1.86.